The lowest BCUT2D eigenvalue weighted by molar-refractivity contribution is 0.103. The van der Waals surface area contributed by atoms with Crippen LogP contribution in [-0.4, -0.2) is 5.78 Å². The molecule has 2 aromatic carbocycles. The Kier molecular flexibility index (Phi) is 3.25. The molecule has 0 aliphatic carbocycles. The van der Waals surface area contributed by atoms with Crippen LogP contribution in [0.4, 0.5) is 23.2 Å². The highest BCUT2D eigenvalue weighted by molar-refractivity contribution is 6.12. The van der Waals surface area contributed by atoms with Gasteiger partial charge in [-0.3, -0.25) is 4.79 Å². The summed E-state index contributed by atoms with van der Waals surface area (Å²) >= 11 is 0. The quantitative estimate of drug-likeness (QED) is 0.517. The van der Waals surface area contributed by atoms with Gasteiger partial charge in [0.1, 0.15) is 11.6 Å². The first-order valence-electron chi connectivity index (χ1n) is 5.14. The zero-order valence-corrected chi connectivity index (χ0v) is 9.38. The van der Waals surface area contributed by atoms with Crippen LogP contribution < -0.4 is 5.73 Å². The molecule has 19 heavy (non-hydrogen) atoms. The Balaban J connectivity index is 2.56. The Morgan fingerprint density at radius 3 is 2.16 bits per heavy atom. The van der Waals surface area contributed by atoms with Crippen molar-refractivity contribution in [3.63, 3.8) is 0 Å². The Bertz CT molecular complexity index is 670. The predicted molar refractivity (Wildman–Crippen MR) is 60.6 cm³/mol. The van der Waals surface area contributed by atoms with Crippen LogP contribution in [0.1, 0.15) is 15.9 Å². The molecule has 0 heterocycles. The largest absolute Gasteiger partial charge is 0.398 e. The predicted octanol–water partition coefficient (Wildman–Crippen LogP) is 3.06. The van der Waals surface area contributed by atoms with E-state index in [4.69, 9.17) is 5.73 Å². The molecule has 6 heteroatoms. The van der Waals surface area contributed by atoms with Crippen molar-refractivity contribution >= 4 is 11.5 Å². The molecule has 0 unspecified atom stereocenters. The summed E-state index contributed by atoms with van der Waals surface area (Å²) in [5.41, 5.74) is 3.99. The van der Waals surface area contributed by atoms with Crippen LogP contribution in [0.2, 0.25) is 0 Å². The van der Waals surface area contributed by atoms with E-state index in [2.05, 4.69) is 0 Å². The number of carbonyl (C=O) groups is 1. The topological polar surface area (TPSA) is 43.1 Å². The molecule has 0 fully saturated rings. The Labute approximate surface area is 105 Å². The average Bonchev–Trinajstić information content (AvgIpc) is 2.36. The fraction of sp³-hybridized carbons (Fsp3) is 0. The summed E-state index contributed by atoms with van der Waals surface area (Å²) in [5, 5.41) is 0. The number of nitrogens with two attached hydrogens (primary N) is 1. The van der Waals surface area contributed by atoms with Crippen LogP contribution in [-0.2, 0) is 0 Å². The zero-order valence-electron chi connectivity index (χ0n) is 9.38. The van der Waals surface area contributed by atoms with Crippen LogP contribution in [0.15, 0.2) is 30.3 Å². The average molecular weight is 269 g/mol. The number of anilines is 1. The first kappa shape index (κ1) is 13.1. The number of halogens is 4. The third-order valence-corrected chi connectivity index (χ3v) is 2.51. The van der Waals surface area contributed by atoms with Crippen molar-refractivity contribution in [2.75, 3.05) is 5.73 Å². The van der Waals surface area contributed by atoms with Gasteiger partial charge < -0.3 is 5.73 Å². The van der Waals surface area contributed by atoms with Gasteiger partial charge in [0.2, 0.25) is 0 Å². The van der Waals surface area contributed by atoms with E-state index >= 15 is 0 Å². The summed E-state index contributed by atoms with van der Waals surface area (Å²) in [6.45, 7) is 0. The third kappa shape index (κ3) is 2.42. The number of benzene rings is 2. The van der Waals surface area contributed by atoms with Crippen molar-refractivity contribution in [1.82, 2.24) is 0 Å². The fourth-order valence-corrected chi connectivity index (χ4v) is 1.58. The highest BCUT2D eigenvalue weighted by Gasteiger charge is 2.19. The molecule has 0 spiro atoms. The molecule has 0 atom stereocenters. The van der Waals surface area contributed by atoms with E-state index < -0.39 is 40.2 Å². The van der Waals surface area contributed by atoms with Crippen LogP contribution in [0.25, 0.3) is 0 Å². The van der Waals surface area contributed by atoms with E-state index in [1.165, 1.54) is 0 Å². The molecular weight excluding hydrogens is 262 g/mol. The molecule has 0 amide bonds. The number of hydrogen-bond donors (Lipinski definition) is 1. The zero-order chi connectivity index (χ0) is 14.2. The molecule has 0 bridgehead atoms. The summed E-state index contributed by atoms with van der Waals surface area (Å²) < 4.78 is 52.3. The third-order valence-electron chi connectivity index (χ3n) is 2.51. The number of hydrogen-bond acceptors (Lipinski definition) is 2. The van der Waals surface area contributed by atoms with E-state index in [1.54, 1.807) is 0 Å². The summed E-state index contributed by atoms with van der Waals surface area (Å²) in [7, 11) is 0. The van der Waals surface area contributed by atoms with Gasteiger partial charge in [0, 0.05) is 17.3 Å². The Morgan fingerprint density at radius 2 is 1.47 bits per heavy atom. The van der Waals surface area contributed by atoms with Crippen LogP contribution in [0.3, 0.4) is 0 Å². The van der Waals surface area contributed by atoms with Gasteiger partial charge in [0.05, 0.1) is 5.56 Å². The number of carbonyl (C=O) groups excluding carboxylic acids is 1. The minimum atomic E-state index is -1.30. The van der Waals surface area contributed by atoms with Gasteiger partial charge in [-0.25, -0.2) is 17.6 Å². The highest BCUT2D eigenvalue weighted by Crippen LogP contribution is 2.22. The molecule has 98 valence electrons. The standard InChI is InChI=1S/C13H7F4NO/c14-6-1-2-9(15)7(3-6)13(19)8-4-10(16)11(17)5-12(8)18/h1-5H,18H2. The van der Waals surface area contributed by atoms with Crippen LogP contribution in [0, 0.1) is 23.3 Å². The number of ketones is 1. The van der Waals surface area contributed by atoms with Gasteiger partial charge in [0.15, 0.2) is 17.4 Å². The molecule has 0 aromatic heterocycles. The first-order chi connectivity index (χ1) is 8.90. The molecular formula is C13H7F4NO. The summed E-state index contributed by atoms with van der Waals surface area (Å²) in [4.78, 5) is 11.9. The van der Waals surface area contributed by atoms with Gasteiger partial charge in [0.25, 0.3) is 0 Å². The lowest BCUT2D eigenvalue weighted by Gasteiger charge is -2.07. The number of nitrogen functional groups attached to an aromatic ring is 1. The van der Waals surface area contributed by atoms with E-state index in [-0.39, 0.29) is 5.69 Å². The van der Waals surface area contributed by atoms with Crippen molar-refractivity contribution in [2.45, 2.75) is 0 Å². The summed E-state index contributed by atoms with van der Waals surface area (Å²) in [6, 6.07) is 3.43. The fourth-order valence-electron chi connectivity index (χ4n) is 1.58. The molecule has 2 nitrogen and oxygen atoms in total. The molecule has 2 rings (SSSR count). The summed E-state index contributed by atoms with van der Waals surface area (Å²) in [5.74, 6) is -5.35. The normalized spacial score (nSPS) is 10.5. The number of rotatable bonds is 2. The lowest BCUT2D eigenvalue weighted by atomic mass is 10.0. The van der Waals surface area contributed by atoms with E-state index in [0.29, 0.717) is 18.2 Å². The van der Waals surface area contributed by atoms with Crippen molar-refractivity contribution in [3.05, 3.63) is 64.7 Å². The SMILES string of the molecule is Nc1cc(F)c(F)cc1C(=O)c1cc(F)ccc1F. The monoisotopic (exact) mass is 269 g/mol. The maximum absolute atomic E-state index is 13.4. The van der Waals surface area contributed by atoms with Crippen molar-refractivity contribution < 1.29 is 22.4 Å². The van der Waals surface area contributed by atoms with E-state index in [1.807, 2.05) is 0 Å². The van der Waals surface area contributed by atoms with Gasteiger partial charge >= 0.3 is 0 Å². The maximum atomic E-state index is 13.4. The van der Waals surface area contributed by atoms with Crippen molar-refractivity contribution in [2.24, 2.45) is 0 Å². The molecule has 0 aliphatic heterocycles. The summed E-state index contributed by atoms with van der Waals surface area (Å²) in [6.07, 6.45) is 0. The van der Waals surface area contributed by atoms with Crippen molar-refractivity contribution in [3.8, 4) is 0 Å². The van der Waals surface area contributed by atoms with E-state index in [0.717, 1.165) is 12.1 Å². The van der Waals surface area contributed by atoms with Gasteiger partial charge in [-0.1, -0.05) is 0 Å². The second-order valence-corrected chi connectivity index (χ2v) is 3.81. The minimum Gasteiger partial charge on any atom is -0.398 e. The van der Waals surface area contributed by atoms with E-state index in [9.17, 15) is 22.4 Å². The second-order valence-electron chi connectivity index (χ2n) is 3.81. The molecule has 0 saturated carbocycles. The lowest BCUT2D eigenvalue weighted by Crippen LogP contribution is -2.09. The molecule has 0 aliphatic rings. The minimum absolute atomic E-state index is 0.354. The van der Waals surface area contributed by atoms with Gasteiger partial charge in [-0.2, -0.15) is 0 Å². The molecule has 0 radical (unpaired) electrons. The van der Waals surface area contributed by atoms with Crippen LogP contribution >= 0.6 is 0 Å². The Hall–Kier alpha value is -2.37. The highest BCUT2D eigenvalue weighted by atomic mass is 19.2. The maximum Gasteiger partial charge on any atom is 0.198 e. The smallest absolute Gasteiger partial charge is 0.198 e. The van der Waals surface area contributed by atoms with Crippen molar-refractivity contribution in [1.29, 1.82) is 0 Å². The van der Waals surface area contributed by atoms with Crippen LogP contribution in [0.5, 0.6) is 0 Å². The molecule has 0 saturated heterocycles. The Morgan fingerprint density at radius 1 is 0.842 bits per heavy atom. The van der Waals surface area contributed by atoms with Gasteiger partial charge in [-0.15, -0.1) is 0 Å². The molecule has 2 N–H and O–H groups in total. The second kappa shape index (κ2) is 4.72. The first-order valence-corrected chi connectivity index (χ1v) is 5.14. The molecule has 2 aromatic rings. The van der Waals surface area contributed by atoms with Gasteiger partial charge in [-0.05, 0) is 24.3 Å².